The van der Waals surface area contributed by atoms with Crippen molar-refractivity contribution in [2.75, 3.05) is 6.61 Å². The lowest BCUT2D eigenvalue weighted by molar-refractivity contribution is 0.279. The summed E-state index contributed by atoms with van der Waals surface area (Å²) < 4.78 is 5.68. The Hall–Kier alpha value is -2.14. The second kappa shape index (κ2) is 5.88. The molecule has 3 rings (SSSR count). The quantitative estimate of drug-likeness (QED) is 0.755. The SMILES string of the molecule is N#CC1CCOc2cc(SC3=CC=C=CC=C3)ccc21. The van der Waals surface area contributed by atoms with E-state index in [1.807, 2.05) is 36.4 Å². The van der Waals surface area contributed by atoms with Gasteiger partial charge in [-0.25, -0.2) is 0 Å². The number of allylic oxidation sites excluding steroid dienone is 4. The first-order valence-electron chi connectivity index (χ1n) is 6.50. The molecule has 1 aliphatic carbocycles. The van der Waals surface area contributed by atoms with Crippen LogP contribution >= 0.6 is 11.8 Å². The van der Waals surface area contributed by atoms with E-state index in [9.17, 15) is 0 Å². The molecule has 0 aromatic heterocycles. The minimum Gasteiger partial charge on any atom is -0.493 e. The second-order valence-electron chi connectivity index (χ2n) is 4.55. The van der Waals surface area contributed by atoms with Gasteiger partial charge in [-0.1, -0.05) is 23.9 Å². The molecule has 1 aliphatic heterocycles. The maximum atomic E-state index is 9.16. The largest absolute Gasteiger partial charge is 0.493 e. The lowest BCUT2D eigenvalue weighted by atomic mass is 9.95. The predicted molar refractivity (Wildman–Crippen MR) is 80.6 cm³/mol. The molecule has 1 heterocycles. The van der Waals surface area contributed by atoms with Gasteiger partial charge in [-0.2, -0.15) is 5.26 Å². The van der Waals surface area contributed by atoms with Crippen LogP contribution in [0, 0.1) is 11.3 Å². The highest BCUT2D eigenvalue weighted by atomic mass is 32.2. The fourth-order valence-corrected chi connectivity index (χ4v) is 3.07. The standard InChI is InChI=1S/C17H13NOS/c18-12-13-9-10-19-17-11-15(7-8-16(13)17)20-14-5-3-1-2-4-6-14/h1,3-8,11,13H,9-10H2. The van der Waals surface area contributed by atoms with Crippen molar-refractivity contribution >= 4 is 11.8 Å². The van der Waals surface area contributed by atoms with Gasteiger partial charge in [0.15, 0.2) is 0 Å². The molecule has 3 heteroatoms. The summed E-state index contributed by atoms with van der Waals surface area (Å²) in [7, 11) is 0. The third-order valence-corrected chi connectivity index (χ3v) is 4.21. The monoisotopic (exact) mass is 279 g/mol. The molecule has 0 saturated heterocycles. The van der Waals surface area contributed by atoms with Crippen LogP contribution in [0.1, 0.15) is 17.9 Å². The third-order valence-electron chi connectivity index (χ3n) is 3.21. The number of nitrogens with zero attached hydrogens (tertiary/aromatic N) is 1. The van der Waals surface area contributed by atoms with E-state index in [-0.39, 0.29) is 5.92 Å². The van der Waals surface area contributed by atoms with Gasteiger partial charge in [-0.3, -0.25) is 0 Å². The zero-order chi connectivity index (χ0) is 13.8. The number of benzene rings is 1. The minimum absolute atomic E-state index is 0.0399. The highest BCUT2D eigenvalue weighted by molar-refractivity contribution is 8.03. The van der Waals surface area contributed by atoms with Crippen LogP contribution in [0.4, 0.5) is 0 Å². The summed E-state index contributed by atoms with van der Waals surface area (Å²) in [6.07, 6.45) is 10.6. The van der Waals surface area contributed by atoms with Gasteiger partial charge >= 0.3 is 0 Å². The summed E-state index contributed by atoms with van der Waals surface area (Å²) in [4.78, 5) is 2.27. The van der Waals surface area contributed by atoms with Gasteiger partial charge in [0.05, 0.1) is 18.6 Å². The van der Waals surface area contributed by atoms with Crippen molar-refractivity contribution < 1.29 is 4.74 Å². The lowest BCUT2D eigenvalue weighted by Crippen LogP contribution is -2.12. The molecular weight excluding hydrogens is 266 g/mol. The molecule has 2 aliphatic rings. The summed E-state index contributed by atoms with van der Waals surface area (Å²) in [5.41, 5.74) is 4.05. The first-order valence-corrected chi connectivity index (χ1v) is 7.32. The van der Waals surface area contributed by atoms with Crippen molar-refractivity contribution in [3.05, 3.63) is 64.8 Å². The molecule has 1 unspecified atom stereocenters. The van der Waals surface area contributed by atoms with E-state index in [0.29, 0.717) is 6.61 Å². The maximum Gasteiger partial charge on any atom is 0.124 e. The van der Waals surface area contributed by atoms with E-state index >= 15 is 0 Å². The van der Waals surface area contributed by atoms with Crippen molar-refractivity contribution in [1.82, 2.24) is 0 Å². The number of hydrogen-bond acceptors (Lipinski definition) is 3. The normalized spacial score (nSPS) is 19.6. The van der Waals surface area contributed by atoms with Crippen molar-refractivity contribution in [3.63, 3.8) is 0 Å². The molecule has 0 bridgehead atoms. The Kier molecular flexibility index (Phi) is 3.78. The van der Waals surface area contributed by atoms with Crippen LogP contribution in [-0.4, -0.2) is 6.61 Å². The third kappa shape index (κ3) is 2.72. The number of fused-ring (bicyclic) bond motifs is 1. The number of thioether (sulfide) groups is 1. The van der Waals surface area contributed by atoms with Crippen LogP contribution in [0.15, 0.2) is 64.1 Å². The molecule has 0 saturated carbocycles. The fourth-order valence-electron chi connectivity index (χ4n) is 2.21. The van der Waals surface area contributed by atoms with Crippen LogP contribution < -0.4 is 4.74 Å². The molecule has 98 valence electrons. The number of hydrogen-bond donors (Lipinski definition) is 0. The van der Waals surface area contributed by atoms with Crippen LogP contribution in [0.5, 0.6) is 5.75 Å². The van der Waals surface area contributed by atoms with Crippen LogP contribution in [0.25, 0.3) is 0 Å². The Morgan fingerprint density at radius 3 is 3.20 bits per heavy atom. The first kappa shape index (κ1) is 12.9. The zero-order valence-electron chi connectivity index (χ0n) is 10.9. The molecule has 0 fully saturated rings. The predicted octanol–water partition coefficient (Wildman–Crippen LogP) is 4.33. The number of rotatable bonds is 2. The Balaban J connectivity index is 1.84. The van der Waals surface area contributed by atoms with Crippen molar-refractivity contribution in [1.29, 1.82) is 5.26 Å². The van der Waals surface area contributed by atoms with E-state index in [1.165, 1.54) is 0 Å². The van der Waals surface area contributed by atoms with Crippen molar-refractivity contribution in [3.8, 4) is 11.8 Å². The molecular formula is C17H13NOS. The van der Waals surface area contributed by atoms with Gasteiger partial charge in [0.1, 0.15) is 5.75 Å². The highest BCUT2D eigenvalue weighted by Gasteiger charge is 2.21. The van der Waals surface area contributed by atoms with Gasteiger partial charge in [-0.05, 0) is 36.4 Å². The van der Waals surface area contributed by atoms with E-state index in [1.54, 1.807) is 11.8 Å². The molecule has 1 atom stereocenters. The average molecular weight is 279 g/mol. The summed E-state index contributed by atoms with van der Waals surface area (Å²) >= 11 is 1.68. The van der Waals surface area contributed by atoms with E-state index in [0.717, 1.165) is 27.5 Å². The van der Waals surface area contributed by atoms with E-state index < -0.39 is 0 Å². The van der Waals surface area contributed by atoms with E-state index in [4.69, 9.17) is 10.00 Å². The van der Waals surface area contributed by atoms with Crippen molar-refractivity contribution in [2.45, 2.75) is 17.2 Å². The molecule has 2 nitrogen and oxygen atoms in total. The van der Waals surface area contributed by atoms with Gasteiger partial charge in [0.2, 0.25) is 0 Å². The second-order valence-corrected chi connectivity index (χ2v) is 5.70. The molecule has 1 aromatic carbocycles. The Morgan fingerprint density at radius 1 is 1.35 bits per heavy atom. The fraction of sp³-hybridized carbons (Fsp3) is 0.176. The van der Waals surface area contributed by atoms with Gasteiger partial charge in [0.25, 0.3) is 0 Å². The smallest absolute Gasteiger partial charge is 0.124 e. The summed E-state index contributed by atoms with van der Waals surface area (Å²) in [6, 6.07) is 8.44. The molecule has 1 aromatic rings. The van der Waals surface area contributed by atoms with Gasteiger partial charge in [0, 0.05) is 21.8 Å². The Bertz CT molecular complexity index is 687. The van der Waals surface area contributed by atoms with Gasteiger partial charge < -0.3 is 4.74 Å². The van der Waals surface area contributed by atoms with Crippen molar-refractivity contribution in [2.24, 2.45) is 0 Å². The topological polar surface area (TPSA) is 33.0 Å². The summed E-state index contributed by atoms with van der Waals surface area (Å²) in [5.74, 6) is 0.807. The van der Waals surface area contributed by atoms with Gasteiger partial charge in [-0.15, -0.1) is 5.73 Å². The lowest BCUT2D eigenvalue weighted by Gasteiger charge is -2.21. The average Bonchev–Trinajstić information content (AvgIpc) is 2.75. The maximum absolute atomic E-state index is 9.16. The number of ether oxygens (including phenoxy) is 1. The number of nitriles is 1. The molecule has 0 N–H and O–H groups in total. The molecule has 20 heavy (non-hydrogen) atoms. The summed E-state index contributed by atoms with van der Waals surface area (Å²) in [6.45, 7) is 0.620. The zero-order valence-corrected chi connectivity index (χ0v) is 11.7. The Labute approximate surface area is 122 Å². The van der Waals surface area contributed by atoms with Crippen LogP contribution in [-0.2, 0) is 0 Å². The Morgan fingerprint density at radius 2 is 2.30 bits per heavy atom. The van der Waals surface area contributed by atoms with E-state index in [2.05, 4.69) is 23.9 Å². The first-order chi connectivity index (χ1) is 9.86. The molecule has 0 spiro atoms. The summed E-state index contributed by atoms with van der Waals surface area (Å²) in [5, 5.41) is 9.16. The van der Waals surface area contributed by atoms with Crippen LogP contribution in [0.2, 0.25) is 0 Å². The van der Waals surface area contributed by atoms with Crippen LogP contribution in [0.3, 0.4) is 0 Å². The highest BCUT2D eigenvalue weighted by Crippen LogP contribution is 2.38. The minimum atomic E-state index is -0.0399. The molecule has 0 amide bonds. The molecule has 0 radical (unpaired) electrons.